The first-order valence-corrected chi connectivity index (χ1v) is 8.83. The number of benzene rings is 1. The number of anilines is 1. The molecule has 0 atom stereocenters. The summed E-state index contributed by atoms with van der Waals surface area (Å²) in [7, 11) is 1.87. The first-order valence-electron chi connectivity index (χ1n) is 8.83. The summed E-state index contributed by atoms with van der Waals surface area (Å²) in [5.41, 5.74) is 1.86. The second-order valence-electron chi connectivity index (χ2n) is 7.45. The highest BCUT2D eigenvalue weighted by molar-refractivity contribution is 5.90. The van der Waals surface area contributed by atoms with Gasteiger partial charge in [0.15, 0.2) is 0 Å². The van der Waals surface area contributed by atoms with Crippen LogP contribution in [-0.4, -0.2) is 48.4 Å². The maximum Gasteiger partial charge on any atom is 0.321 e. The van der Waals surface area contributed by atoms with Crippen molar-refractivity contribution >= 4 is 17.6 Å². The summed E-state index contributed by atoms with van der Waals surface area (Å²) in [5, 5.41) is 2.97. The van der Waals surface area contributed by atoms with Crippen LogP contribution in [-0.2, 0) is 4.79 Å². The molecule has 0 saturated carbocycles. The van der Waals surface area contributed by atoms with E-state index in [1.165, 1.54) is 5.56 Å². The van der Waals surface area contributed by atoms with Crippen LogP contribution in [0.25, 0.3) is 0 Å². The molecule has 0 aromatic heterocycles. The molecule has 2 saturated heterocycles. The number of carbonyl (C=O) groups is 2. The van der Waals surface area contributed by atoms with Gasteiger partial charge < -0.3 is 15.1 Å². The van der Waals surface area contributed by atoms with E-state index in [4.69, 9.17) is 0 Å². The van der Waals surface area contributed by atoms with Gasteiger partial charge in [-0.05, 0) is 42.9 Å². The van der Waals surface area contributed by atoms with E-state index in [1.807, 2.05) is 29.0 Å². The predicted molar refractivity (Wildman–Crippen MR) is 95.0 cm³/mol. The number of nitrogens with one attached hydrogen (secondary N) is 1. The molecule has 0 unspecified atom stereocenters. The Morgan fingerprint density at radius 1 is 1.08 bits per heavy atom. The van der Waals surface area contributed by atoms with Crippen LogP contribution in [0.15, 0.2) is 24.3 Å². The van der Waals surface area contributed by atoms with E-state index in [2.05, 4.69) is 31.3 Å². The van der Waals surface area contributed by atoms with E-state index in [0.29, 0.717) is 19.0 Å². The van der Waals surface area contributed by atoms with E-state index in [1.54, 1.807) is 0 Å². The number of amides is 3. The van der Waals surface area contributed by atoms with Crippen molar-refractivity contribution < 1.29 is 9.59 Å². The molecule has 5 heteroatoms. The highest BCUT2D eigenvalue weighted by Gasteiger charge is 2.47. The second-order valence-corrected chi connectivity index (χ2v) is 7.45. The predicted octanol–water partition coefficient (Wildman–Crippen LogP) is 3.29. The van der Waals surface area contributed by atoms with Crippen molar-refractivity contribution in [1.29, 1.82) is 0 Å². The Hall–Kier alpha value is -2.04. The van der Waals surface area contributed by atoms with E-state index in [0.717, 1.165) is 31.5 Å². The third kappa shape index (κ3) is 3.12. The smallest absolute Gasteiger partial charge is 0.321 e. The molecule has 1 N–H and O–H groups in total. The monoisotopic (exact) mass is 329 g/mol. The van der Waals surface area contributed by atoms with E-state index < -0.39 is 0 Å². The number of hydrogen-bond acceptors (Lipinski definition) is 2. The first-order chi connectivity index (χ1) is 11.4. The molecule has 0 aliphatic carbocycles. The number of nitrogens with zero attached hydrogens (tertiary/aromatic N) is 2. The Bertz CT molecular complexity index is 616. The molecule has 2 heterocycles. The highest BCUT2D eigenvalue weighted by Crippen LogP contribution is 2.41. The Kier molecular flexibility index (Phi) is 4.52. The second kappa shape index (κ2) is 6.46. The minimum absolute atomic E-state index is 0.0686. The minimum Gasteiger partial charge on any atom is -0.345 e. The van der Waals surface area contributed by atoms with Gasteiger partial charge in [0.1, 0.15) is 0 Å². The Balaban J connectivity index is 1.56. The van der Waals surface area contributed by atoms with Crippen molar-refractivity contribution in [2.24, 2.45) is 5.41 Å². The molecule has 2 aliphatic heterocycles. The summed E-state index contributed by atoms with van der Waals surface area (Å²) in [6, 6.07) is 7.94. The van der Waals surface area contributed by atoms with Gasteiger partial charge in [-0.2, -0.15) is 0 Å². The molecule has 3 rings (SSSR count). The van der Waals surface area contributed by atoms with Gasteiger partial charge in [-0.15, -0.1) is 0 Å². The molecular formula is C19H27N3O2. The summed E-state index contributed by atoms with van der Waals surface area (Å²) < 4.78 is 0. The van der Waals surface area contributed by atoms with Crippen molar-refractivity contribution in [3.63, 3.8) is 0 Å². The number of rotatable bonds is 2. The molecule has 5 nitrogen and oxygen atoms in total. The van der Waals surface area contributed by atoms with Gasteiger partial charge >= 0.3 is 6.03 Å². The van der Waals surface area contributed by atoms with Gasteiger partial charge in [0.25, 0.3) is 0 Å². The van der Waals surface area contributed by atoms with Crippen molar-refractivity contribution in [2.45, 2.75) is 39.0 Å². The number of piperidine rings is 1. The Labute approximate surface area is 144 Å². The van der Waals surface area contributed by atoms with Gasteiger partial charge in [0.05, 0.1) is 5.41 Å². The molecule has 1 aromatic carbocycles. The first kappa shape index (κ1) is 16.8. The van der Waals surface area contributed by atoms with Crippen LogP contribution < -0.4 is 5.32 Å². The Morgan fingerprint density at radius 2 is 1.67 bits per heavy atom. The standard InChI is InChI=1S/C19H27N3O2/c1-14(2)15-4-6-16(7-5-15)20-18(24)22-12-9-19(10-13-22)8-11-21(3)17(19)23/h4-7,14H,8-13H2,1-3H3,(H,20,24). The van der Waals surface area contributed by atoms with E-state index >= 15 is 0 Å². The fraction of sp³-hybridized carbons (Fsp3) is 0.579. The van der Waals surface area contributed by atoms with Gasteiger partial charge in [0, 0.05) is 32.4 Å². The third-order valence-electron chi connectivity index (χ3n) is 5.56. The van der Waals surface area contributed by atoms with Crippen molar-refractivity contribution in [1.82, 2.24) is 9.80 Å². The molecule has 24 heavy (non-hydrogen) atoms. The zero-order valence-electron chi connectivity index (χ0n) is 14.8. The lowest BCUT2D eigenvalue weighted by Crippen LogP contribution is -2.47. The SMILES string of the molecule is CC(C)c1ccc(NC(=O)N2CCC3(CCN(C)C3=O)CC2)cc1. The maximum atomic E-state index is 12.5. The summed E-state index contributed by atoms with van der Waals surface area (Å²) in [5.74, 6) is 0.738. The topological polar surface area (TPSA) is 52.7 Å². The molecule has 3 amide bonds. The summed E-state index contributed by atoms with van der Waals surface area (Å²) >= 11 is 0. The molecule has 0 bridgehead atoms. The largest absolute Gasteiger partial charge is 0.345 e. The molecular weight excluding hydrogens is 302 g/mol. The Morgan fingerprint density at radius 3 is 2.17 bits per heavy atom. The van der Waals surface area contributed by atoms with Crippen molar-refractivity contribution in [3.8, 4) is 0 Å². The molecule has 130 valence electrons. The highest BCUT2D eigenvalue weighted by atomic mass is 16.2. The van der Waals surface area contributed by atoms with Crippen LogP contribution in [0.1, 0.15) is 44.6 Å². The lowest BCUT2D eigenvalue weighted by atomic mass is 9.77. The van der Waals surface area contributed by atoms with Gasteiger partial charge in [0.2, 0.25) is 5.91 Å². The van der Waals surface area contributed by atoms with Gasteiger partial charge in [-0.3, -0.25) is 4.79 Å². The van der Waals surface area contributed by atoms with Crippen LogP contribution in [0.3, 0.4) is 0 Å². The molecule has 2 aliphatic rings. The molecule has 1 aromatic rings. The van der Waals surface area contributed by atoms with Crippen LogP contribution in [0.2, 0.25) is 0 Å². The van der Waals surface area contributed by atoms with Crippen LogP contribution in [0.4, 0.5) is 10.5 Å². The van der Waals surface area contributed by atoms with Crippen LogP contribution >= 0.6 is 0 Å². The molecule has 2 fully saturated rings. The fourth-order valence-corrected chi connectivity index (χ4v) is 3.75. The van der Waals surface area contributed by atoms with Crippen LogP contribution in [0.5, 0.6) is 0 Å². The lowest BCUT2D eigenvalue weighted by molar-refractivity contribution is -0.136. The zero-order chi connectivity index (χ0) is 17.3. The normalized spacial score (nSPS) is 20.1. The lowest BCUT2D eigenvalue weighted by Gasteiger charge is -2.37. The summed E-state index contributed by atoms with van der Waals surface area (Å²) in [6.45, 7) is 6.44. The zero-order valence-corrected chi connectivity index (χ0v) is 14.8. The average molecular weight is 329 g/mol. The van der Waals surface area contributed by atoms with E-state index in [-0.39, 0.29) is 17.4 Å². The maximum absolute atomic E-state index is 12.5. The molecule has 0 radical (unpaired) electrons. The van der Waals surface area contributed by atoms with Gasteiger partial charge in [-0.25, -0.2) is 4.79 Å². The van der Waals surface area contributed by atoms with Crippen LogP contribution in [0, 0.1) is 5.41 Å². The molecule has 1 spiro atoms. The minimum atomic E-state index is -0.218. The number of urea groups is 1. The van der Waals surface area contributed by atoms with E-state index in [9.17, 15) is 9.59 Å². The van der Waals surface area contributed by atoms with Crippen molar-refractivity contribution in [2.75, 3.05) is 32.0 Å². The summed E-state index contributed by atoms with van der Waals surface area (Å²) in [6.07, 6.45) is 2.47. The number of hydrogen-bond donors (Lipinski definition) is 1. The number of likely N-dealkylation sites (tertiary alicyclic amines) is 2. The third-order valence-corrected chi connectivity index (χ3v) is 5.56. The van der Waals surface area contributed by atoms with Crippen molar-refractivity contribution in [3.05, 3.63) is 29.8 Å². The average Bonchev–Trinajstić information content (AvgIpc) is 2.85. The fourth-order valence-electron chi connectivity index (χ4n) is 3.75. The quantitative estimate of drug-likeness (QED) is 0.905. The van der Waals surface area contributed by atoms with Gasteiger partial charge in [-0.1, -0.05) is 26.0 Å². The summed E-state index contributed by atoms with van der Waals surface area (Å²) in [4.78, 5) is 28.5. The number of carbonyl (C=O) groups excluding carboxylic acids is 2.